The molecule has 0 bridgehead atoms. The van der Waals surface area contributed by atoms with Crippen LogP contribution in [-0.4, -0.2) is 88.5 Å². The predicted molar refractivity (Wildman–Crippen MR) is 105 cm³/mol. The molecule has 1 aromatic carbocycles. The Morgan fingerprint density at radius 1 is 1.28 bits per heavy atom. The highest BCUT2D eigenvalue weighted by atomic mass is 19.3. The normalized spacial score (nSPS) is 19.7. The van der Waals surface area contributed by atoms with Crippen LogP contribution in [0.3, 0.4) is 0 Å². The lowest BCUT2D eigenvalue weighted by Crippen LogP contribution is -2.37. The van der Waals surface area contributed by atoms with Crippen molar-refractivity contribution in [1.82, 2.24) is 10.4 Å². The van der Waals surface area contributed by atoms with Gasteiger partial charge in [-0.2, -0.15) is 13.8 Å². The van der Waals surface area contributed by atoms with E-state index >= 15 is 0 Å². The SMILES string of the molecule is COC(=O)CN1CCN(c2ccc(N3C[C@H](CNC(=O)C(F)F)OC3=O)cc2F)CCO1. The molecule has 10 nitrogen and oxygen atoms in total. The van der Waals surface area contributed by atoms with E-state index < -0.39 is 36.3 Å². The number of halogens is 3. The number of cyclic esters (lactones) is 1. The van der Waals surface area contributed by atoms with Gasteiger partial charge in [0.1, 0.15) is 18.5 Å². The van der Waals surface area contributed by atoms with Crippen LogP contribution >= 0.6 is 0 Å². The van der Waals surface area contributed by atoms with Crippen molar-refractivity contribution in [1.29, 1.82) is 0 Å². The summed E-state index contributed by atoms with van der Waals surface area (Å²) in [4.78, 5) is 42.9. The summed E-state index contributed by atoms with van der Waals surface area (Å²) in [5, 5.41) is 3.44. The molecule has 176 valence electrons. The molecular weight excluding hydrogens is 437 g/mol. The fourth-order valence-corrected chi connectivity index (χ4v) is 3.31. The summed E-state index contributed by atoms with van der Waals surface area (Å²) >= 11 is 0. The minimum Gasteiger partial charge on any atom is -0.468 e. The average molecular weight is 460 g/mol. The fraction of sp³-hybridized carbons (Fsp3) is 0.526. The first kappa shape index (κ1) is 23.6. The maximum absolute atomic E-state index is 14.9. The average Bonchev–Trinajstić information content (AvgIpc) is 2.98. The Labute approximate surface area is 181 Å². The Balaban J connectivity index is 1.61. The molecule has 0 aromatic heterocycles. The van der Waals surface area contributed by atoms with Gasteiger partial charge in [-0.3, -0.25) is 19.3 Å². The van der Waals surface area contributed by atoms with Crippen molar-refractivity contribution in [3.05, 3.63) is 24.0 Å². The molecular formula is C19H23F3N4O6. The summed E-state index contributed by atoms with van der Waals surface area (Å²) in [7, 11) is 1.28. The van der Waals surface area contributed by atoms with Gasteiger partial charge in [-0.05, 0) is 18.2 Å². The van der Waals surface area contributed by atoms with Crippen LogP contribution in [0.15, 0.2) is 18.2 Å². The van der Waals surface area contributed by atoms with Crippen LogP contribution in [0.2, 0.25) is 0 Å². The number of carbonyl (C=O) groups excluding carboxylic acids is 3. The van der Waals surface area contributed by atoms with Gasteiger partial charge < -0.3 is 19.7 Å². The molecule has 0 spiro atoms. The van der Waals surface area contributed by atoms with E-state index in [4.69, 9.17) is 9.57 Å². The van der Waals surface area contributed by atoms with Crippen molar-refractivity contribution < 1.29 is 41.9 Å². The topological polar surface area (TPSA) is 101 Å². The third-order valence-corrected chi connectivity index (χ3v) is 4.95. The van der Waals surface area contributed by atoms with Gasteiger partial charge in [-0.25, -0.2) is 9.18 Å². The highest BCUT2D eigenvalue weighted by Crippen LogP contribution is 2.28. The molecule has 2 aliphatic rings. The minimum atomic E-state index is -3.17. The number of anilines is 2. The molecule has 2 amide bonds. The molecule has 1 N–H and O–H groups in total. The summed E-state index contributed by atoms with van der Waals surface area (Å²) in [5.41, 5.74) is 0.530. The second kappa shape index (κ2) is 10.5. The van der Waals surface area contributed by atoms with Gasteiger partial charge in [0, 0.05) is 19.6 Å². The lowest BCUT2D eigenvalue weighted by Gasteiger charge is -2.23. The molecule has 1 atom stereocenters. The summed E-state index contributed by atoms with van der Waals surface area (Å²) in [6.07, 6.45) is -4.77. The number of amides is 2. The lowest BCUT2D eigenvalue weighted by molar-refractivity contribution is -0.172. The Hall–Kier alpha value is -3.06. The number of ether oxygens (including phenoxy) is 2. The van der Waals surface area contributed by atoms with Crippen LogP contribution in [0, 0.1) is 5.82 Å². The number of hydroxylamine groups is 2. The van der Waals surface area contributed by atoms with E-state index in [2.05, 4.69) is 4.74 Å². The summed E-state index contributed by atoms with van der Waals surface area (Å²) in [5.74, 6) is -2.48. The van der Waals surface area contributed by atoms with Crippen molar-refractivity contribution in [2.24, 2.45) is 0 Å². The summed E-state index contributed by atoms with van der Waals surface area (Å²) in [6.45, 7) is 1.02. The van der Waals surface area contributed by atoms with Crippen LogP contribution in [0.4, 0.5) is 29.3 Å². The maximum atomic E-state index is 14.9. The number of alkyl halides is 2. The van der Waals surface area contributed by atoms with E-state index in [0.29, 0.717) is 25.3 Å². The van der Waals surface area contributed by atoms with Crippen molar-refractivity contribution in [2.75, 3.05) is 62.8 Å². The molecule has 3 rings (SSSR count). The van der Waals surface area contributed by atoms with E-state index in [1.807, 2.05) is 5.32 Å². The monoisotopic (exact) mass is 460 g/mol. The zero-order chi connectivity index (χ0) is 23.3. The van der Waals surface area contributed by atoms with Crippen molar-refractivity contribution in [3.8, 4) is 0 Å². The van der Waals surface area contributed by atoms with Gasteiger partial charge in [0.15, 0.2) is 0 Å². The Morgan fingerprint density at radius 2 is 2.06 bits per heavy atom. The third kappa shape index (κ3) is 5.79. The van der Waals surface area contributed by atoms with Gasteiger partial charge >= 0.3 is 18.5 Å². The van der Waals surface area contributed by atoms with Crippen molar-refractivity contribution >= 4 is 29.3 Å². The number of benzene rings is 1. The summed E-state index contributed by atoms with van der Waals surface area (Å²) < 4.78 is 49.1. The van der Waals surface area contributed by atoms with Crippen LogP contribution in [0.25, 0.3) is 0 Å². The smallest absolute Gasteiger partial charge is 0.414 e. The van der Waals surface area contributed by atoms with Gasteiger partial charge in [-0.1, -0.05) is 0 Å². The van der Waals surface area contributed by atoms with Gasteiger partial charge in [0.2, 0.25) is 0 Å². The van der Waals surface area contributed by atoms with Crippen LogP contribution in [0.5, 0.6) is 0 Å². The third-order valence-electron chi connectivity index (χ3n) is 4.95. The van der Waals surface area contributed by atoms with E-state index in [1.165, 1.54) is 30.4 Å². The van der Waals surface area contributed by atoms with E-state index in [1.54, 1.807) is 4.90 Å². The van der Waals surface area contributed by atoms with Crippen LogP contribution in [-0.2, 0) is 23.9 Å². The Kier molecular flexibility index (Phi) is 7.75. The molecule has 13 heteroatoms. The quantitative estimate of drug-likeness (QED) is 0.596. The number of nitrogens with one attached hydrogen (secondary N) is 1. The van der Waals surface area contributed by atoms with Crippen LogP contribution < -0.4 is 15.1 Å². The first-order valence-corrected chi connectivity index (χ1v) is 9.81. The van der Waals surface area contributed by atoms with Crippen molar-refractivity contribution in [3.63, 3.8) is 0 Å². The number of methoxy groups -OCH3 is 1. The van der Waals surface area contributed by atoms with E-state index in [9.17, 15) is 27.6 Å². The number of esters is 1. The highest BCUT2D eigenvalue weighted by molar-refractivity contribution is 5.90. The molecule has 0 saturated carbocycles. The zero-order valence-electron chi connectivity index (χ0n) is 17.3. The zero-order valence-corrected chi connectivity index (χ0v) is 17.3. The molecule has 0 aliphatic carbocycles. The number of rotatable bonds is 7. The number of nitrogens with zero attached hydrogens (tertiary/aromatic N) is 3. The highest BCUT2D eigenvalue weighted by Gasteiger charge is 2.33. The second-order valence-electron chi connectivity index (χ2n) is 7.06. The fourth-order valence-electron chi connectivity index (χ4n) is 3.31. The molecule has 2 aliphatic heterocycles. The molecule has 2 saturated heterocycles. The minimum absolute atomic E-state index is 0.0266. The number of hydrogen-bond acceptors (Lipinski definition) is 8. The molecule has 1 aromatic rings. The first-order valence-electron chi connectivity index (χ1n) is 9.81. The Bertz CT molecular complexity index is 858. The molecule has 0 unspecified atom stereocenters. The van der Waals surface area contributed by atoms with Gasteiger partial charge in [0.25, 0.3) is 5.91 Å². The molecule has 2 heterocycles. The van der Waals surface area contributed by atoms with E-state index in [-0.39, 0.29) is 31.9 Å². The van der Waals surface area contributed by atoms with E-state index in [0.717, 1.165) is 4.90 Å². The number of carbonyl (C=O) groups is 3. The predicted octanol–water partition coefficient (Wildman–Crippen LogP) is 0.759. The number of hydrogen-bond donors (Lipinski definition) is 1. The van der Waals surface area contributed by atoms with Gasteiger partial charge in [-0.15, -0.1) is 0 Å². The first-order chi connectivity index (χ1) is 15.3. The Morgan fingerprint density at radius 3 is 2.75 bits per heavy atom. The van der Waals surface area contributed by atoms with Gasteiger partial charge in [0.05, 0.1) is 38.2 Å². The summed E-state index contributed by atoms with van der Waals surface area (Å²) in [6, 6.07) is 4.23. The second-order valence-corrected chi connectivity index (χ2v) is 7.06. The largest absolute Gasteiger partial charge is 0.468 e. The maximum Gasteiger partial charge on any atom is 0.414 e. The standard InChI is InChI=1S/C19H23F3N4O6/c1-30-16(27)11-25-5-4-24(6-7-31-25)15-3-2-12(8-14(15)20)26-10-13(32-19(26)29)9-23-18(28)17(21)22/h2-3,8,13,17H,4-7,9-11H2,1H3,(H,23,28)/t13-/m0/s1. The van der Waals surface area contributed by atoms with Crippen LogP contribution in [0.1, 0.15) is 0 Å². The molecule has 32 heavy (non-hydrogen) atoms. The van der Waals surface area contributed by atoms with Crippen molar-refractivity contribution in [2.45, 2.75) is 12.5 Å². The molecule has 0 radical (unpaired) electrons. The lowest BCUT2D eigenvalue weighted by atomic mass is 10.2. The molecule has 2 fully saturated rings.